The third-order valence-electron chi connectivity index (χ3n) is 4.06. The Morgan fingerprint density at radius 1 is 1.50 bits per heavy atom. The van der Waals surface area contributed by atoms with E-state index >= 15 is 0 Å². The van der Waals surface area contributed by atoms with Crippen LogP contribution < -0.4 is 10.2 Å². The number of amides is 1. The van der Waals surface area contributed by atoms with Gasteiger partial charge in [-0.2, -0.15) is 0 Å². The molecule has 0 bridgehead atoms. The molecule has 0 aromatic heterocycles. The van der Waals surface area contributed by atoms with Crippen LogP contribution in [0.3, 0.4) is 0 Å². The van der Waals surface area contributed by atoms with Gasteiger partial charge in [-0.05, 0) is 25.3 Å². The van der Waals surface area contributed by atoms with Gasteiger partial charge in [0.15, 0.2) is 0 Å². The maximum Gasteiger partial charge on any atom is 0.224 e. The molecule has 4 nitrogen and oxygen atoms in total. The number of carbonyl (C=O) groups is 1. The molecule has 20 heavy (non-hydrogen) atoms. The molecule has 1 saturated heterocycles. The van der Waals surface area contributed by atoms with Crippen molar-refractivity contribution in [3.05, 3.63) is 29.8 Å². The highest BCUT2D eigenvalue weighted by atomic mass is 16.3. The van der Waals surface area contributed by atoms with E-state index in [1.54, 1.807) is 7.05 Å². The average molecular weight is 276 g/mol. The number of hydrogen-bond donors (Lipinski definition) is 2. The van der Waals surface area contributed by atoms with Gasteiger partial charge in [0.1, 0.15) is 0 Å². The zero-order chi connectivity index (χ0) is 14.5. The number of carbonyl (C=O) groups excluding carboxylic acids is 1. The van der Waals surface area contributed by atoms with Gasteiger partial charge in [-0.25, -0.2) is 0 Å². The van der Waals surface area contributed by atoms with Crippen LogP contribution in [0.5, 0.6) is 0 Å². The van der Waals surface area contributed by atoms with Crippen LogP contribution in [-0.2, 0) is 4.79 Å². The monoisotopic (exact) mass is 276 g/mol. The highest BCUT2D eigenvalue weighted by molar-refractivity contribution is 5.79. The molecule has 4 heteroatoms. The Morgan fingerprint density at radius 3 is 2.95 bits per heavy atom. The largest absolute Gasteiger partial charge is 0.388 e. The van der Waals surface area contributed by atoms with Crippen molar-refractivity contribution < 1.29 is 9.90 Å². The first kappa shape index (κ1) is 14.9. The SMILES string of the molecule is CCC(O)c1ccccc1N1CCCC(C(=O)NC)C1. The van der Waals surface area contributed by atoms with E-state index in [4.69, 9.17) is 0 Å². The molecule has 1 aromatic carbocycles. The molecule has 1 heterocycles. The summed E-state index contributed by atoms with van der Waals surface area (Å²) in [6, 6.07) is 7.97. The van der Waals surface area contributed by atoms with Crippen molar-refractivity contribution in [3.8, 4) is 0 Å². The van der Waals surface area contributed by atoms with Gasteiger partial charge in [0, 0.05) is 31.4 Å². The second kappa shape index (κ2) is 6.75. The standard InChI is InChI=1S/C16H24N2O2/c1-3-15(19)13-8-4-5-9-14(13)18-10-6-7-12(11-18)16(20)17-2/h4-5,8-9,12,15,19H,3,6-7,10-11H2,1-2H3,(H,17,20). The van der Waals surface area contributed by atoms with E-state index in [0.717, 1.165) is 37.2 Å². The minimum absolute atomic E-state index is 0.0422. The normalized spacial score (nSPS) is 20.6. The van der Waals surface area contributed by atoms with Gasteiger partial charge in [0.2, 0.25) is 5.91 Å². The van der Waals surface area contributed by atoms with E-state index in [9.17, 15) is 9.90 Å². The predicted octanol–water partition coefficient (Wildman–Crippen LogP) is 2.09. The molecule has 0 spiro atoms. The van der Waals surface area contributed by atoms with Crippen molar-refractivity contribution in [1.82, 2.24) is 5.32 Å². The Labute approximate surface area is 120 Å². The minimum Gasteiger partial charge on any atom is -0.388 e. The number of aliphatic hydroxyl groups excluding tert-OH is 1. The fourth-order valence-corrected chi connectivity index (χ4v) is 2.89. The molecule has 1 aliphatic rings. The van der Waals surface area contributed by atoms with E-state index in [0.29, 0.717) is 6.42 Å². The van der Waals surface area contributed by atoms with Crippen LogP contribution >= 0.6 is 0 Å². The van der Waals surface area contributed by atoms with E-state index in [2.05, 4.69) is 10.2 Å². The molecule has 1 aliphatic heterocycles. The van der Waals surface area contributed by atoms with Gasteiger partial charge in [-0.1, -0.05) is 25.1 Å². The maximum absolute atomic E-state index is 11.8. The second-order valence-corrected chi connectivity index (χ2v) is 5.38. The van der Waals surface area contributed by atoms with Crippen LogP contribution in [0.1, 0.15) is 37.9 Å². The van der Waals surface area contributed by atoms with Gasteiger partial charge in [0.05, 0.1) is 12.0 Å². The summed E-state index contributed by atoms with van der Waals surface area (Å²) in [5, 5.41) is 12.9. The molecule has 110 valence electrons. The Hall–Kier alpha value is -1.55. The number of para-hydroxylation sites is 1. The van der Waals surface area contributed by atoms with Crippen molar-refractivity contribution in [2.45, 2.75) is 32.3 Å². The number of hydrogen-bond acceptors (Lipinski definition) is 3. The summed E-state index contributed by atoms with van der Waals surface area (Å²) in [4.78, 5) is 14.1. The molecular formula is C16H24N2O2. The van der Waals surface area contributed by atoms with Crippen LogP contribution in [0.25, 0.3) is 0 Å². The Kier molecular flexibility index (Phi) is 5.01. The Bertz CT molecular complexity index is 462. The molecule has 0 saturated carbocycles. The number of benzene rings is 1. The molecule has 1 amide bonds. The average Bonchev–Trinajstić information content (AvgIpc) is 2.53. The van der Waals surface area contributed by atoms with Crippen LogP contribution in [0, 0.1) is 5.92 Å². The molecule has 2 atom stereocenters. The summed E-state index contributed by atoms with van der Waals surface area (Å²) in [5.74, 6) is 0.156. The Balaban J connectivity index is 2.20. The van der Waals surface area contributed by atoms with Crippen molar-refractivity contribution in [2.24, 2.45) is 5.92 Å². The lowest BCUT2D eigenvalue weighted by molar-refractivity contribution is -0.124. The van der Waals surface area contributed by atoms with Gasteiger partial charge in [-0.3, -0.25) is 4.79 Å². The zero-order valence-corrected chi connectivity index (χ0v) is 12.3. The van der Waals surface area contributed by atoms with Crippen LogP contribution in [0.2, 0.25) is 0 Å². The minimum atomic E-state index is -0.438. The van der Waals surface area contributed by atoms with Crippen molar-refractivity contribution in [2.75, 3.05) is 25.0 Å². The summed E-state index contributed by atoms with van der Waals surface area (Å²) >= 11 is 0. The third-order valence-corrected chi connectivity index (χ3v) is 4.06. The fourth-order valence-electron chi connectivity index (χ4n) is 2.89. The van der Waals surface area contributed by atoms with Crippen molar-refractivity contribution in [1.29, 1.82) is 0 Å². The van der Waals surface area contributed by atoms with Crippen molar-refractivity contribution in [3.63, 3.8) is 0 Å². The predicted molar refractivity (Wildman–Crippen MR) is 80.7 cm³/mol. The summed E-state index contributed by atoms with van der Waals surface area (Å²) < 4.78 is 0. The molecule has 0 radical (unpaired) electrons. The molecule has 2 unspecified atom stereocenters. The number of aliphatic hydroxyl groups is 1. The van der Waals surface area contributed by atoms with Crippen LogP contribution in [-0.4, -0.2) is 31.2 Å². The quantitative estimate of drug-likeness (QED) is 0.885. The van der Waals surface area contributed by atoms with E-state index < -0.39 is 6.10 Å². The smallest absolute Gasteiger partial charge is 0.224 e. The van der Waals surface area contributed by atoms with Gasteiger partial charge < -0.3 is 15.3 Å². The molecule has 2 rings (SSSR count). The number of rotatable bonds is 4. The topological polar surface area (TPSA) is 52.6 Å². The van der Waals surface area contributed by atoms with Gasteiger partial charge in [-0.15, -0.1) is 0 Å². The van der Waals surface area contributed by atoms with E-state index in [1.807, 2.05) is 31.2 Å². The fraction of sp³-hybridized carbons (Fsp3) is 0.562. The molecular weight excluding hydrogens is 252 g/mol. The lowest BCUT2D eigenvalue weighted by Gasteiger charge is -2.35. The van der Waals surface area contributed by atoms with Crippen LogP contribution in [0.4, 0.5) is 5.69 Å². The maximum atomic E-state index is 11.8. The van der Waals surface area contributed by atoms with E-state index in [1.165, 1.54) is 0 Å². The number of piperidine rings is 1. The van der Waals surface area contributed by atoms with Gasteiger partial charge >= 0.3 is 0 Å². The number of nitrogens with zero attached hydrogens (tertiary/aromatic N) is 1. The molecule has 1 fully saturated rings. The number of nitrogens with one attached hydrogen (secondary N) is 1. The van der Waals surface area contributed by atoms with Crippen molar-refractivity contribution >= 4 is 11.6 Å². The first-order valence-corrected chi connectivity index (χ1v) is 7.40. The number of anilines is 1. The molecule has 0 aliphatic carbocycles. The zero-order valence-electron chi connectivity index (χ0n) is 12.3. The van der Waals surface area contributed by atoms with E-state index in [-0.39, 0.29) is 11.8 Å². The third kappa shape index (κ3) is 3.12. The summed E-state index contributed by atoms with van der Waals surface area (Å²) in [6.45, 7) is 3.65. The first-order chi connectivity index (χ1) is 9.67. The summed E-state index contributed by atoms with van der Waals surface area (Å²) in [5.41, 5.74) is 2.03. The molecule has 1 aromatic rings. The highest BCUT2D eigenvalue weighted by Crippen LogP contribution is 2.31. The summed E-state index contributed by atoms with van der Waals surface area (Å²) in [7, 11) is 1.69. The van der Waals surface area contributed by atoms with Crippen LogP contribution in [0.15, 0.2) is 24.3 Å². The lowest BCUT2D eigenvalue weighted by atomic mass is 9.95. The lowest BCUT2D eigenvalue weighted by Crippen LogP contribution is -2.42. The summed E-state index contributed by atoms with van der Waals surface area (Å²) in [6.07, 6.45) is 2.21. The highest BCUT2D eigenvalue weighted by Gasteiger charge is 2.26. The first-order valence-electron chi connectivity index (χ1n) is 7.40. The Morgan fingerprint density at radius 2 is 2.25 bits per heavy atom. The van der Waals surface area contributed by atoms with Gasteiger partial charge in [0.25, 0.3) is 0 Å². The second-order valence-electron chi connectivity index (χ2n) is 5.38. The molecule has 2 N–H and O–H groups in total.